The summed E-state index contributed by atoms with van der Waals surface area (Å²) in [4.78, 5) is 26.9. The number of carbonyl (C=O) groups is 2. The number of benzene rings is 1. The number of amides is 2. The number of aliphatic hydroxyl groups is 2. The van der Waals surface area contributed by atoms with Gasteiger partial charge in [0, 0.05) is 39.0 Å². The van der Waals surface area contributed by atoms with Gasteiger partial charge in [0.2, 0.25) is 0 Å². The van der Waals surface area contributed by atoms with Crippen LogP contribution in [-0.2, 0) is 39.0 Å². The monoisotopic (exact) mass is 547 g/mol. The Morgan fingerprint density at radius 3 is 1.67 bits per heavy atom. The Hall–Kier alpha value is -0.473. The van der Waals surface area contributed by atoms with Gasteiger partial charge in [-0.1, -0.05) is 12.1 Å². The van der Waals surface area contributed by atoms with E-state index in [2.05, 4.69) is 0 Å². The maximum absolute atomic E-state index is 12.9. The summed E-state index contributed by atoms with van der Waals surface area (Å²) in [5, 5.41) is 20.4. The number of nitrogens with zero attached hydrogens (tertiary/aromatic N) is 1. The van der Waals surface area contributed by atoms with E-state index in [4.69, 9.17) is 0 Å². The first-order valence-electron chi connectivity index (χ1n) is 9.37. The van der Waals surface area contributed by atoms with Gasteiger partial charge in [-0.15, -0.1) is 0 Å². The van der Waals surface area contributed by atoms with Gasteiger partial charge >= 0.3 is 0 Å². The third-order valence-electron chi connectivity index (χ3n) is 7.12. The van der Waals surface area contributed by atoms with Crippen LogP contribution < -0.4 is 0 Å². The van der Waals surface area contributed by atoms with Gasteiger partial charge in [0.25, 0.3) is 11.8 Å². The predicted octanol–water partition coefficient (Wildman–Crippen LogP) is 2.03. The Kier molecular flexibility index (Phi) is 6.09. The number of carbonyl (C=O) groups excluding carboxylic acids is 2. The van der Waals surface area contributed by atoms with E-state index in [-0.39, 0.29) is 56.7 Å². The smallest absolute Gasteiger partial charge is 0.261 e. The average Bonchev–Trinajstić information content (AvgIpc) is 2.82. The van der Waals surface area contributed by atoms with Gasteiger partial charge in [-0.3, -0.25) is 14.5 Å². The van der Waals surface area contributed by atoms with Crippen molar-refractivity contribution in [1.29, 1.82) is 0 Å². The van der Waals surface area contributed by atoms with Gasteiger partial charge in [0.05, 0.1) is 17.2 Å². The van der Waals surface area contributed by atoms with E-state index in [1.54, 1.807) is 24.3 Å². The molecule has 2 radical (unpaired) electrons. The standard InChI is InChI=1S/C20H23NO4.2Rh/c22-18-14-3-1-2-4-15(14)19(23)21(18)17(20(24)25)16-12-6-10-5-11(8-12)9-13(16)7-10;;/h1-4,10-13,16-17,20,24-25H,5-9H2;;/t10?,11?,12?,13?,16?,17-;;/m0../s1. The van der Waals surface area contributed by atoms with E-state index in [0.29, 0.717) is 23.0 Å². The van der Waals surface area contributed by atoms with Crippen LogP contribution in [0.5, 0.6) is 0 Å². The Bertz CT molecular complexity index is 690. The van der Waals surface area contributed by atoms with Gasteiger partial charge in [0.15, 0.2) is 6.29 Å². The summed E-state index contributed by atoms with van der Waals surface area (Å²) in [5.74, 6) is 1.53. The molecule has 1 aromatic rings. The fraction of sp³-hybridized carbons (Fsp3) is 0.600. The third kappa shape index (κ3) is 3.19. The third-order valence-corrected chi connectivity index (χ3v) is 7.12. The zero-order valence-corrected chi connectivity index (χ0v) is 18.0. The van der Waals surface area contributed by atoms with Crippen molar-refractivity contribution in [3.8, 4) is 0 Å². The normalized spacial score (nSPS) is 34.3. The minimum atomic E-state index is -1.69. The molecule has 5 nitrogen and oxygen atoms in total. The minimum Gasteiger partial charge on any atom is -0.366 e. The molecule has 1 heterocycles. The van der Waals surface area contributed by atoms with Crippen LogP contribution in [0.1, 0.15) is 52.8 Å². The van der Waals surface area contributed by atoms with Crippen LogP contribution >= 0.6 is 0 Å². The van der Waals surface area contributed by atoms with Crippen LogP contribution in [-0.4, -0.2) is 39.3 Å². The van der Waals surface area contributed by atoms with Crippen molar-refractivity contribution in [3.05, 3.63) is 35.4 Å². The summed E-state index contributed by atoms with van der Waals surface area (Å²) in [7, 11) is 0. The van der Waals surface area contributed by atoms with Crippen molar-refractivity contribution in [2.24, 2.45) is 29.6 Å². The molecule has 1 aromatic carbocycles. The summed E-state index contributed by atoms with van der Waals surface area (Å²) in [6.07, 6.45) is 4.02. The van der Waals surface area contributed by atoms with Crippen molar-refractivity contribution < 1.29 is 58.8 Å². The Morgan fingerprint density at radius 1 is 0.815 bits per heavy atom. The number of hydrogen-bond donors (Lipinski definition) is 2. The first-order chi connectivity index (χ1) is 12.0. The average molecular weight is 547 g/mol. The van der Waals surface area contributed by atoms with E-state index >= 15 is 0 Å². The molecule has 4 aliphatic carbocycles. The fourth-order valence-electron chi connectivity index (χ4n) is 6.51. The van der Waals surface area contributed by atoms with E-state index in [9.17, 15) is 19.8 Å². The van der Waals surface area contributed by atoms with Crippen molar-refractivity contribution in [2.75, 3.05) is 0 Å². The van der Waals surface area contributed by atoms with Crippen LogP contribution in [0.25, 0.3) is 0 Å². The van der Waals surface area contributed by atoms with Gasteiger partial charge in [-0.05, 0) is 73.8 Å². The molecule has 0 unspecified atom stereocenters. The molecule has 5 aliphatic rings. The SMILES string of the molecule is O=C1c2ccccc2C(=O)N1[C@H](C(O)O)C1C2CC3CC(C2)CC1C3.[Rh].[Rh]. The van der Waals surface area contributed by atoms with Crippen LogP contribution in [0.2, 0.25) is 0 Å². The zero-order chi connectivity index (χ0) is 17.3. The van der Waals surface area contributed by atoms with Gasteiger partial charge in [-0.2, -0.15) is 0 Å². The van der Waals surface area contributed by atoms with E-state index < -0.39 is 12.3 Å². The van der Waals surface area contributed by atoms with E-state index in [0.717, 1.165) is 42.4 Å². The summed E-state index contributed by atoms with van der Waals surface area (Å²) in [5.41, 5.74) is 0.754. The second-order valence-electron chi connectivity index (χ2n) is 8.44. The predicted molar refractivity (Wildman–Crippen MR) is 89.5 cm³/mol. The van der Waals surface area contributed by atoms with Gasteiger partial charge in [0.1, 0.15) is 0 Å². The number of fused-ring (bicyclic) bond motifs is 1. The topological polar surface area (TPSA) is 77.8 Å². The summed E-state index contributed by atoms with van der Waals surface area (Å²) < 4.78 is 0. The molecule has 27 heavy (non-hydrogen) atoms. The Balaban J connectivity index is 0.00000105. The number of rotatable bonds is 3. The molecule has 0 aromatic heterocycles. The molecule has 0 saturated heterocycles. The first kappa shape index (κ1) is 21.2. The molecule has 7 heteroatoms. The number of aliphatic hydroxyl groups excluding tert-OH is 1. The molecule has 2 amide bonds. The quantitative estimate of drug-likeness (QED) is 0.345. The second-order valence-corrected chi connectivity index (χ2v) is 8.44. The largest absolute Gasteiger partial charge is 0.366 e. The molecule has 0 spiro atoms. The van der Waals surface area contributed by atoms with Crippen LogP contribution in [0.4, 0.5) is 0 Å². The minimum absolute atomic E-state index is 0. The van der Waals surface area contributed by atoms with Crippen molar-refractivity contribution in [2.45, 2.75) is 44.4 Å². The maximum atomic E-state index is 12.9. The van der Waals surface area contributed by atoms with Crippen LogP contribution in [0.3, 0.4) is 0 Å². The van der Waals surface area contributed by atoms with Crippen molar-refractivity contribution >= 4 is 11.8 Å². The van der Waals surface area contributed by atoms with Crippen LogP contribution in [0.15, 0.2) is 24.3 Å². The molecule has 1 atom stereocenters. The van der Waals surface area contributed by atoms with Gasteiger partial charge in [-0.25, -0.2) is 0 Å². The van der Waals surface area contributed by atoms with Crippen molar-refractivity contribution in [3.63, 3.8) is 0 Å². The summed E-state index contributed by atoms with van der Waals surface area (Å²) in [6, 6.07) is 5.93. The summed E-state index contributed by atoms with van der Waals surface area (Å²) >= 11 is 0. The maximum Gasteiger partial charge on any atom is 0.261 e. The number of imide groups is 1. The number of hydrogen-bond acceptors (Lipinski definition) is 4. The first-order valence-corrected chi connectivity index (χ1v) is 9.37. The molecule has 1 aliphatic heterocycles. The van der Waals surface area contributed by atoms with E-state index in [1.165, 1.54) is 6.42 Å². The van der Waals surface area contributed by atoms with Gasteiger partial charge < -0.3 is 10.2 Å². The summed E-state index contributed by atoms with van der Waals surface area (Å²) in [6.45, 7) is 0. The molecular weight excluding hydrogens is 524 g/mol. The molecule has 2 N–H and O–H groups in total. The van der Waals surface area contributed by atoms with Crippen molar-refractivity contribution in [1.82, 2.24) is 4.90 Å². The van der Waals surface area contributed by atoms with Crippen LogP contribution in [0, 0.1) is 29.6 Å². The molecule has 4 saturated carbocycles. The molecule has 6 rings (SSSR count). The molecule has 4 bridgehead atoms. The zero-order valence-electron chi connectivity index (χ0n) is 14.7. The Labute approximate surface area is 184 Å². The molecular formula is C20H23NO4Rh2. The second kappa shape index (κ2) is 7.75. The molecule has 150 valence electrons. The fourth-order valence-corrected chi connectivity index (χ4v) is 6.51. The molecule has 4 fully saturated rings. The Morgan fingerprint density at radius 2 is 1.26 bits per heavy atom. The van der Waals surface area contributed by atoms with E-state index in [1.807, 2.05) is 0 Å².